The zero-order valence-electron chi connectivity index (χ0n) is 14.3. The smallest absolute Gasteiger partial charge is 0.279 e. The molecule has 1 aliphatic heterocycles. The summed E-state index contributed by atoms with van der Waals surface area (Å²) in [5.74, 6) is 1.42. The first-order valence-electron chi connectivity index (χ1n) is 8.11. The van der Waals surface area contributed by atoms with Gasteiger partial charge in [-0.15, -0.1) is 0 Å². The van der Waals surface area contributed by atoms with Crippen molar-refractivity contribution in [2.45, 2.75) is 19.8 Å². The molecule has 0 atom stereocenters. The molecule has 1 aromatic heterocycles. The van der Waals surface area contributed by atoms with E-state index in [0.717, 1.165) is 10.2 Å². The van der Waals surface area contributed by atoms with Crippen LogP contribution in [0.1, 0.15) is 35.7 Å². The minimum Gasteiger partial charge on any atom is -0.454 e. The number of amides is 1. The van der Waals surface area contributed by atoms with Gasteiger partial charge in [-0.2, -0.15) is 4.99 Å². The van der Waals surface area contributed by atoms with E-state index in [-0.39, 0.29) is 12.7 Å². The number of ether oxygens (including phenoxy) is 2. The number of thiazole rings is 1. The van der Waals surface area contributed by atoms with E-state index < -0.39 is 0 Å². The first kappa shape index (κ1) is 15.9. The number of aromatic nitrogens is 1. The van der Waals surface area contributed by atoms with Gasteiger partial charge in [-0.1, -0.05) is 31.3 Å². The molecule has 0 saturated heterocycles. The number of hydrogen-bond donors (Lipinski definition) is 0. The number of carbonyl (C=O) groups excluding carboxylic acids is 1. The van der Waals surface area contributed by atoms with Crippen molar-refractivity contribution in [3.8, 4) is 11.5 Å². The van der Waals surface area contributed by atoms with E-state index in [0.29, 0.717) is 27.8 Å². The average Bonchev–Trinajstić information content (AvgIpc) is 3.18. The number of rotatable bonds is 2. The number of nitrogens with zero attached hydrogens (tertiary/aromatic N) is 2. The summed E-state index contributed by atoms with van der Waals surface area (Å²) in [6.07, 6.45) is 0. The van der Waals surface area contributed by atoms with Gasteiger partial charge in [-0.25, -0.2) is 0 Å². The van der Waals surface area contributed by atoms with Gasteiger partial charge in [0, 0.05) is 12.6 Å². The van der Waals surface area contributed by atoms with Gasteiger partial charge in [0.25, 0.3) is 5.91 Å². The standard InChI is InChI=1S/C19H18N2O3S/c1-11(2)12-4-6-14-17(9-12)25-19(21(14)3)20-18(22)13-5-7-15-16(8-13)24-10-23-15/h4-9,11H,10H2,1-3H3. The van der Waals surface area contributed by atoms with Crippen LogP contribution in [0.4, 0.5) is 0 Å². The molecule has 0 N–H and O–H groups in total. The molecule has 4 rings (SSSR count). The molecular formula is C19H18N2O3S. The number of aryl methyl sites for hydroxylation is 1. The van der Waals surface area contributed by atoms with Gasteiger partial charge in [0.05, 0.1) is 10.2 Å². The lowest BCUT2D eigenvalue weighted by Crippen LogP contribution is -2.13. The molecule has 0 bridgehead atoms. The van der Waals surface area contributed by atoms with Crippen molar-refractivity contribution in [1.29, 1.82) is 0 Å². The fourth-order valence-electron chi connectivity index (χ4n) is 2.80. The van der Waals surface area contributed by atoms with Crippen molar-refractivity contribution in [2.75, 3.05) is 6.79 Å². The van der Waals surface area contributed by atoms with E-state index in [4.69, 9.17) is 9.47 Å². The summed E-state index contributed by atoms with van der Waals surface area (Å²) in [7, 11) is 1.93. The molecule has 6 heteroatoms. The summed E-state index contributed by atoms with van der Waals surface area (Å²) in [5.41, 5.74) is 2.85. The van der Waals surface area contributed by atoms with Crippen LogP contribution in [0.3, 0.4) is 0 Å². The normalized spacial score (nSPS) is 13.8. The molecule has 1 aliphatic rings. The van der Waals surface area contributed by atoms with E-state index in [1.807, 2.05) is 11.6 Å². The second-order valence-electron chi connectivity index (χ2n) is 6.31. The maximum absolute atomic E-state index is 12.5. The third-order valence-electron chi connectivity index (χ3n) is 4.32. The molecule has 0 unspecified atom stereocenters. The minimum absolute atomic E-state index is 0.188. The van der Waals surface area contributed by atoms with E-state index >= 15 is 0 Å². The Morgan fingerprint density at radius 1 is 1.16 bits per heavy atom. The highest BCUT2D eigenvalue weighted by Crippen LogP contribution is 2.32. The topological polar surface area (TPSA) is 52.8 Å². The number of carbonyl (C=O) groups is 1. The monoisotopic (exact) mass is 354 g/mol. The van der Waals surface area contributed by atoms with Crippen LogP contribution >= 0.6 is 11.3 Å². The van der Waals surface area contributed by atoms with Gasteiger partial charge >= 0.3 is 0 Å². The van der Waals surface area contributed by atoms with Crippen molar-refractivity contribution in [3.05, 3.63) is 52.3 Å². The van der Waals surface area contributed by atoms with Crippen LogP contribution in [0.5, 0.6) is 11.5 Å². The van der Waals surface area contributed by atoms with E-state index in [2.05, 4.69) is 37.0 Å². The summed E-state index contributed by atoms with van der Waals surface area (Å²) in [6, 6.07) is 11.5. The molecule has 0 fully saturated rings. The highest BCUT2D eigenvalue weighted by molar-refractivity contribution is 7.16. The molecule has 2 heterocycles. The molecule has 3 aromatic rings. The summed E-state index contributed by atoms with van der Waals surface area (Å²) in [4.78, 5) is 17.5. The third-order valence-corrected chi connectivity index (χ3v) is 5.41. The Bertz CT molecular complexity index is 1050. The van der Waals surface area contributed by atoms with Crippen LogP contribution in [0.25, 0.3) is 10.2 Å². The van der Waals surface area contributed by atoms with E-state index in [1.165, 1.54) is 16.9 Å². The van der Waals surface area contributed by atoms with Gasteiger partial charge in [-0.3, -0.25) is 4.79 Å². The van der Waals surface area contributed by atoms with Crippen molar-refractivity contribution in [3.63, 3.8) is 0 Å². The van der Waals surface area contributed by atoms with Gasteiger partial charge in [-0.05, 0) is 41.8 Å². The molecule has 128 valence electrons. The summed E-state index contributed by atoms with van der Waals surface area (Å²) < 4.78 is 13.7. The fourth-order valence-corrected chi connectivity index (χ4v) is 3.86. The Balaban J connectivity index is 1.75. The highest BCUT2D eigenvalue weighted by Gasteiger charge is 2.16. The van der Waals surface area contributed by atoms with E-state index in [9.17, 15) is 4.79 Å². The Morgan fingerprint density at radius 3 is 2.76 bits per heavy atom. The average molecular weight is 354 g/mol. The first-order valence-corrected chi connectivity index (χ1v) is 8.93. The van der Waals surface area contributed by atoms with Crippen molar-refractivity contribution in [2.24, 2.45) is 12.0 Å². The van der Waals surface area contributed by atoms with Gasteiger partial charge in [0.1, 0.15) is 0 Å². The van der Waals surface area contributed by atoms with Crippen molar-refractivity contribution < 1.29 is 14.3 Å². The lowest BCUT2D eigenvalue weighted by atomic mass is 10.0. The quantitative estimate of drug-likeness (QED) is 0.703. The molecule has 2 aromatic carbocycles. The molecule has 0 saturated carbocycles. The van der Waals surface area contributed by atoms with E-state index in [1.54, 1.807) is 18.2 Å². The molecule has 5 nitrogen and oxygen atoms in total. The van der Waals surface area contributed by atoms with Crippen LogP contribution < -0.4 is 14.3 Å². The lowest BCUT2D eigenvalue weighted by Gasteiger charge is -2.04. The molecule has 0 aliphatic carbocycles. The predicted octanol–water partition coefficient (Wildman–Crippen LogP) is 3.83. The van der Waals surface area contributed by atoms with Crippen LogP contribution in [-0.4, -0.2) is 17.3 Å². The Kier molecular flexibility index (Phi) is 3.84. The highest BCUT2D eigenvalue weighted by atomic mass is 32.1. The fraction of sp³-hybridized carbons (Fsp3) is 0.263. The maximum Gasteiger partial charge on any atom is 0.279 e. The molecule has 25 heavy (non-hydrogen) atoms. The maximum atomic E-state index is 12.5. The SMILES string of the molecule is CC(C)c1ccc2c(c1)sc(=NC(=O)c1ccc3c(c1)OCO3)n2C. The second-order valence-corrected chi connectivity index (χ2v) is 7.32. The predicted molar refractivity (Wildman–Crippen MR) is 97.3 cm³/mol. The third kappa shape index (κ3) is 2.82. The summed E-state index contributed by atoms with van der Waals surface area (Å²) in [6.45, 7) is 4.53. The lowest BCUT2D eigenvalue weighted by molar-refractivity contribution is 0.0997. The second kappa shape index (κ2) is 6.04. The van der Waals surface area contributed by atoms with Crippen LogP contribution in [0, 0.1) is 0 Å². The van der Waals surface area contributed by atoms with Gasteiger partial charge in [0.15, 0.2) is 16.3 Å². The largest absolute Gasteiger partial charge is 0.454 e. The first-order chi connectivity index (χ1) is 12.0. The summed E-state index contributed by atoms with van der Waals surface area (Å²) in [5, 5.41) is 0. The van der Waals surface area contributed by atoms with Crippen LogP contribution in [0.2, 0.25) is 0 Å². The number of benzene rings is 2. The number of fused-ring (bicyclic) bond motifs is 2. The van der Waals surface area contributed by atoms with Gasteiger partial charge < -0.3 is 14.0 Å². The minimum atomic E-state index is -0.287. The number of hydrogen-bond acceptors (Lipinski definition) is 4. The molecule has 0 radical (unpaired) electrons. The van der Waals surface area contributed by atoms with Gasteiger partial charge in [0.2, 0.25) is 6.79 Å². The zero-order chi connectivity index (χ0) is 17.6. The zero-order valence-corrected chi connectivity index (χ0v) is 15.1. The van der Waals surface area contributed by atoms with Crippen LogP contribution in [0.15, 0.2) is 41.4 Å². The Hall–Kier alpha value is -2.60. The van der Waals surface area contributed by atoms with Crippen LogP contribution in [-0.2, 0) is 7.05 Å². The van der Waals surface area contributed by atoms with Crippen molar-refractivity contribution >= 4 is 27.5 Å². The van der Waals surface area contributed by atoms with Crippen molar-refractivity contribution in [1.82, 2.24) is 4.57 Å². The Labute approximate surface area is 149 Å². The molecular weight excluding hydrogens is 336 g/mol. The summed E-state index contributed by atoms with van der Waals surface area (Å²) >= 11 is 1.52. The Morgan fingerprint density at radius 2 is 1.96 bits per heavy atom. The molecule has 1 amide bonds. The molecule has 0 spiro atoms.